The summed E-state index contributed by atoms with van der Waals surface area (Å²) in [7, 11) is 0. The molecule has 166 valence electrons. The summed E-state index contributed by atoms with van der Waals surface area (Å²) in [5.41, 5.74) is 2.53. The average Bonchev–Trinajstić information content (AvgIpc) is 3.42. The fraction of sp³-hybridized carbons (Fsp3) is 0.375. The predicted molar refractivity (Wildman–Crippen MR) is 121 cm³/mol. The Morgan fingerprint density at radius 1 is 0.875 bits per heavy atom. The standard InChI is InChI=1S/C24H25ClN4O3/c25-18-9-7-17(8-10-18)22-26-21(19-5-2-1-3-11-29(19)22)24(31)28-14-12-27(13-15-28)23(30)20-6-4-16-32-20/h4,6-10,16H,1-3,5,11-15H2. The fourth-order valence-electron chi connectivity index (χ4n) is 4.53. The maximum Gasteiger partial charge on any atom is 0.289 e. The van der Waals surface area contributed by atoms with Crippen molar-refractivity contribution in [1.29, 1.82) is 0 Å². The maximum absolute atomic E-state index is 13.5. The lowest BCUT2D eigenvalue weighted by atomic mass is 10.1. The molecule has 0 spiro atoms. The van der Waals surface area contributed by atoms with Crippen LogP contribution in [0, 0.1) is 0 Å². The molecule has 5 rings (SSSR count). The summed E-state index contributed by atoms with van der Waals surface area (Å²) in [5, 5.41) is 0.676. The highest BCUT2D eigenvalue weighted by atomic mass is 35.5. The van der Waals surface area contributed by atoms with E-state index in [1.807, 2.05) is 29.2 Å². The zero-order valence-electron chi connectivity index (χ0n) is 17.8. The Bertz CT molecular complexity index is 1110. The van der Waals surface area contributed by atoms with Gasteiger partial charge in [-0.1, -0.05) is 18.0 Å². The van der Waals surface area contributed by atoms with Crippen LogP contribution in [0.5, 0.6) is 0 Å². The quantitative estimate of drug-likeness (QED) is 0.599. The van der Waals surface area contributed by atoms with E-state index in [4.69, 9.17) is 21.0 Å². The zero-order chi connectivity index (χ0) is 22.1. The lowest BCUT2D eigenvalue weighted by Gasteiger charge is -2.34. The van der Waals surface area contributed by atoms with Crippen molar-refractivity contribution in [2.75, 3.05) is 26.2 Å². The van der Waals surface area contributed by atoms with E-state index in [-0.39, 0.29) is 11.8 Å². The molecular weight excluding hydrogens is 428 g/mol. The average molecular weight is 453 g/mol. The highest BCUT2D eigenvalue weighted by molar-refractivity contribution is 6.30. The summed E-state index contributed by atoms with van der Waals surface area (Å²) in [6.45, 7) is 2.78. The number of imidazole rings is 1. The number of hydrogen-bond donors (Lipinski definition) is 0. The van der Waals surface area contributed by atoms with Crippen molar-refractivity contribution >= 4 is 23.4 Å². The lowest BCUT2D eigenvalue weighted by Crippen LogP contribution is -2.50. The van der Waals surface area contributed by atoms with Gasteiger partial charge in [-0.05, 0) is 55.7 Å². The minimum Gasteiger partial charge on any atom is -0.459 e. The molecule has 0 bridgehead atoms. The number of fused-ring (bicyclic) bond motifs is 1. The Morgan fingerprint density at radius 3 is 2.28 bits per heavy atom. The molecule has 32 heavy (non-hydrogen) atoms. The van der Waals surface area contributed by atoms with Gasteiger partial charge >= 0.3 is 0 Å². The first-order chi connectivity index (χ1) is 15.6. The topological polar surface area (TPSA) is 71.6 Å². The fourth-order valence-corrected chi connectivity index (χ4v) is 4.65. The van der Waals surface area contributed by atoms with Gasteiger partial charge in [0.05, 0.1) is 12.0 Å². The molecule has 2 aromatic heterocycles. The molecule has 2 aliphatic heterocycles. The molecule has 0 radical (unpaired) electrons. The summed E-state index contributed by atoms with van der Waals surface area (Å²) in [4.78, 5) is 34.4. The molecule has 2 aliphatic rings. The number of amides is 2. The summed E-state index contributed by atoms with van der Waals surface area (Å²) in [6.07, 6.45) is 5.61. The molecule has 0 N–H and O–H groups in total. The molecule has 8 heteroatoms. The highest BCUT2D eigenvalue weighted by Crippen LogP contribution is 2.29. The summed E-state index contributed by atoms with van der Waals surface area (Å²) in [5.74, 6) is 0.967. The van der Waals surface area contributed by atoms with E-state index in [2.05, 4.69) is 4.57 Å². The SMILES string of the molecule is O=C(c1ccco1)N1CCN(C(=O)c2nc(-c3ccc(Cl)cc3)n3c2CCCCC3)CC1. The summed E-state index contributed by atoms with van der Waals surface area (Å²) < 4.78 is 7.43. The predicted octanol–water partition coefficient (Wildman–Crippen LogP) is 4.12. The molecule has 3 aromatic rings. The van der Waals surface area contributed by atoms with Gasteiger partial charge in [-0.3, -0.25) is 9.59 Å². The van der Waals surface area contributed by atoms with E-state index in [1.165, 1.54) is 6.26 Å². The molecule has 0 aliphatic carbocycles. The number of halogens is 1. The van der Waals surface area contributed by atoms with Crippen molar-refractivity contribution in [1.82, 2.24) is 19.4 Å². The Morgan fingerprint density at radius 2 is 1.59 bits per heavy atom. The lowest BCUT2D eigenvalue weighted by molar-refractivity contribution is 0.0515. The van der Waals surface area contributed by atoms with Gasteiger partial charge in [-0.2, -0.15) is 0 Å². The van der Waals surface area contributed by atoms with Gasteiger partial charge in [-0.15, -0.1) is 0 Å². The number of furan rings is 1. The maximum atomic E-state index is 13.5. The minimum atomic E-state index is -0.136. The molecule has 0 saturated carbocycles. The van der Waals surface area contributed by atoms with Gasteiger partial charge < -0.3 is 18.8 Å². The second-order valence-electron chi connectivity index (χ2n) is 8.26. The number of benzene rings is 1. The van der Waals surface area contributed by atoms with Gasteiger partial charge in [-0.25, -0.2) is 4.98 Å². The number of piperazine rings is 1. The Balaban J connectivity index is 1.38. The normalized spacial score (nSPS) is 16.5. The van der Waals surface area contributed by atoms with Crippen molar-refractivity contribution in [3.63, 3.8) is 0 Å². The van der Waals surface area contributed by atoms with Crippen LogP contribution in [0.15, 0.2) is 47.1 Å². The van der Waals surface area contributed by atoms with Gasteiger partial charge in [0.15, 0.2) is 5.76 Å². The molecule has 1 saturated heterocycles. The molecule has 7 nitrogen and oxygen atoms in total. The van der Waals surface area contributed by atoms with E-state index in [1.54, 1.807) is 17.0 Å². The number of rotatable bonds is 3. The molecule has 2 amide bonds. The van der Waals surface area contributed by atoms with Crippen molar-refractivity contribution in [2.24, 2.45) is 0 Å². The second kappa shape index (κ2) is 8.82. The van der Waals surface area contributed by atoms with E-state index in [0.29, 0.717) is 42.7 Å². The van der Waals surface area contributed by atoms with Crippen LogP contribution in [-0.2, 0) is 13.0 Å². The van der Waals surface area contributed by atoms with Crippen LogP contribution >= 0.6 is 11.6 Å². The van der Waals surface area contributed by atoms with Crippen LogP contribution < -0.4 is 0 Å². The summed E-state index contributed by atoms with van der Waals surface area (Å²) in [6, 6.07) is 11.0. The van der Waals surface area contributed by atoms with Gasteiger partial charge in [0, 0.05) is 43.3 Å². The van der Waals surface area contributed by atoms with Crippen molar-refractivity contribution in [3.8, 4) is 11.4 Å². The first-order valence-corrected chi connectivity index (χ1v) is 11.5. The van der Waals surface area contributed by atoms with Crippen LogP contribution in [0.25, 0.3) is 11.4 Å². The molecule has 4 heterocycles. The van der Waals surface area contributed by atoms with Crippen molar-refractivity contribution < 1.29 is 14.0 Å². The number of aromatic nitrogens is 2. The van der Waals surface area contributed by atoms with Crippen LogP contribution in [0.2, 0.25) is 5.02 Å². The van der Waals surface area contributed by atoms with E-state index in [9.17, 15) is 9.59 Å². The van der Waals surface area contributed by atoms with Crippen molar-refractivity contribution in [2.45, 2.75) is 32.2 Å². The van der Waals surface area contributed by atoms with E-state index >= 15 is 0 Å². The third-order valence-corrected chi connectivity index (χ3v) is 6.51. The first-order valence-electron chi connectivity index (χ1n) is 11.1. The minimum absolute atomic E-state index is 0.0547. The van der Waals surface area contributed by atoms with E-state index in [0.717, 1.165) is 49.3 Å². The van der Waals surface area contributed by atoms with Crippen LogP contribution in [0.3, 0.4) is 0 Å². The smallest absolute Gasteiger partial charge is 0.289 e. The number of carbonyl (C=O) groups is 2. The summed E-state index contributed by atoms with van der Waals surface area (Å²) >= 11 is 6.07. The Kier molecular flexibility index (Phi) is 5.74. The number of nitrogens with zero attached hydrogens (tertiary/aromatic N) is 4. The van der Waals surface area contributed by atoms with Crippen molar-refractivity contribution in [3.05, 3.63) is 64.8 Å². The highest BCUT2D eigenvalue weighted by Gasteiger charge is 2.31. The Labute approximate surface area is 191 Å². The van der Waals surface area contributed by atoms with Crippen LogP contribution in [-0.4, -0.2) is 57.3 Å². The third-order valence-electron chi connectivity index (χ3n) is 6.26. The first kappa shape index (κ1) is 20.8. The number of hydrogen-bond acceptors (Lipinski definition) is 4. The monoisotopic (exact) mass is 452 g/mol. The molecule has 1 aromatic carbocycles. The van der Waals surface area contributed by atoms with Gasteiger partial charge in [0.2, 0.25) is 0 Å². The third kappa shape index (κ3) is 3.93. The van der Waals surface area contributed by atoms with E-state index < -0.39 is 0 Å². The van der Waals surface area contributed by atoms with Gasteiger partial charge in [0.25, 0.3) is 11.8 Å². The molecule has 0 atom stereocenters. The second-order valence-corrected chi connectivity index (χ2v) is 8.70. The number of carbonyl (C=O) groups excluding carboxylic acids is 2. The molecular formula is C24H25ClN4O3. The van der Waals surface area contributed by atoms with Crippen LogP contribution in [0.1, 0.15) is 46.0 Å². The van der Waals surface area contributed by atoms with Gasteiger partial charge in [0.1, 0.15) is 11.5 Å². The zero-order valence-corrected chi connectivity index (χ0v) is 18.6. The molecule has 1 fully saturated rings. The van der Waals surface area contributed by atoms with Crippen LogP contribution in [0.4, 0.5) is 0 Å². The Hall–Kier alpha value is -3.06. The largest absolute Gasteiger partial charge is 0.459 e. The molecule has 0 unspecified atom stereocenters.